The molecular formula is C11H14N4. The molecule has 4 heteroatoms. The minimum absolute atomic E-state index is 0.0839. The van der Waals surface area contributed by atoms with Crippen LogP contribution in [-0.4, -0.2) is 24.2 Å². The number of guanidine groups is 1. The van der Waals surface area contributed by atoms with Gasteiger partial charge in [-0.25, -0.2) is 5.01 Å². The van der Waals surface area contributed by atoms with Gasteiger partial charge in [-0.3, -0.25) is 5.41 Å². The number of allylic oxidation sites excluding steroid dienone is 1. The second kappa shape index (κ2) is 5.59. The molecule has 0 spiro atoms. The van der Waals surface area contributed by atoms with E-state index in [9.17, 15) is 0 Å². The standard InChI is InChI=1S/C11H14N4/c1-15(11(12)13)14-9-5-8-10-6-3-2-4-7-10/h2-9H,1H3,(H3,12,13)/b8-5+,14-9-. The lowest BCUT2D eigenvalue weighted by Gasteiger charge is -2.07. The van der Waals surface area contributed by atoms with Crippen LogP contribution in [-0.2, 0) is 0 Å². The number of nitrogens with two attached hydrogens (primary N) is 1. The van der Waals surface area contributed by atoms with E-state index >= 15 is 0 Å². The monoisotopic (exact) mass is 202 g/mol. The molecule has 4 nitrogen and oxygen atoms in total. The van der Waals surface area contributed by atoms with Crippen molar-refractivity contribution < 1.29 is 0 Å². The maximum atomic E-state index is 7.07. The van der Waals surface area contributed by atoms with E-state index in [1.165, 1.54) is 5.01 Å². The lowest BCUT2D eigenvalue weighted by Crippen LogP contribution is -2.28. The summed E-state index contributed by atoms with van der Waals surface area (Å²) >= 11 is 0. The van der Waals surface area contributed by atoms with Crippen LogP contribution in [0.25, 0.3) is 6.08 Å². The fourth-order valence-electron chi connectivity index (χ4n) is 0.919. The van der Waals surface area contributed by atoms with E-state index < -0.39 is 0 Å². The maximum Gasteiger partial charge on any atom is 0.208 e. The minimum Gasteiger partial charge on any atom is -0.369 e. The van der Waals surface area contributed by atoms with Gasteiger partial charge in [0.15, 0.2) is 0 Å². The summed E-state index contributed by atoms with van der Waals surface area (Å²) in [4.78, 5) is 0. The van der Waals surface area contributed by atoms with Crippen LogP contribution in [0, 0.1) is 5.41 Å². The van der Waals surface area contributed by atoms with E-state index in [1.807, 2.05) is 36.4 Å². The first kappa shape index (κ1) is 11.0. The number of benzene rings is 1. The van der Waals surface area contributed by atoms with Gasteiger partial charge >= 0.3 is 0 Å². The third-order valence-corrected chi connectivity index (χ3v) is 1.76. The molecule has 0 amide bonds. The zero-order valence-electron chi connectivity index (χ0n) is 8.59. The van der Waals surface area contributed by atoms with Gasteiger partial charge < -0.3 is 5.73 Å². The average Bonchev–Trinajstić information content (AvgIpc) is 2.25. The fourth-order valence-corrected chi connectivity index (χ4v) is 0.919. The van der Waals surface area contributed by atoms with Crippen molar-refractivity contribution in [3.63, 3.8) is 0 Å². The molecule has 15 heavy (non-hydrogen) atoms. The zero-order chi connectivity index (χ0) is 11.1. The smallest absolute Gasteiger partial charge is 0.208 e. The number of hydrogen-bond acceptors (Lipinski definition) is 2. The molecule has 78 valence electrons. The van der Waals surface area contributed by atoms with E-state index in [-0.39, 0.29) is 5.96 Å². The Morgan fingerprint density at radius 3 is 2.67 bits per heavy atom. The van der Waals surface area contributed by atoms with Gasteiger partial charge in [-0.2, -0.15) is 5.10 Å². The van der Waals surface area contributed by atoms with Crippen molar-refractivity contribution >= 4 is 18.3 Å². The maximum absolute atomic E-state index is 7.07. The molecule has 0 radical (unpaired) electrons. The van der Waals surface area contributed by atoms with Gasteiger partial charge in [-0.1, -0.05) is 36.4 Å². The topological polar surface area (TPSA) is 65.5 Å². The second-order valence-electron chi connectivity index (χ2n) is 2.94. The quantitative estimate of drug-likeness (QED) is 0.443. The van der Waals surface area contributed by atoms with E-state index in [0.29, 0.717) is 0 Å². The summed E-state index contributed by atoms with van der Waals surface area (Å²) in [5.74, 6) is -0.0839. The summed E-state index contributed by atoms with van der Waals surface area (Å²) in [6.45, 7) is 0. The Bertz CT molecular complexity index is 367. The van der Waals surface area contributed by atoms with Crippen LogP contribution in [0.2, 0.25) is 0 Å². The number of hydrazone groups is 1. The van der Waals surface area contributed by atoms with Crippen LogP contribution >= 0.6 is 0 Å². The van der Waals surface area contributed by atoms with Crippen molar-refractivity contribution in [2.75, 3.05) is 7.05 Å². The van der Waals surface area contributed by atoms with E-state index in [2.05, 4.69) is 5.10 Å². The van der Waals surface area contributed by atoms with Gasteiger partial charge in [0.25, 0.3) is 0 Å². The first-order chi connectivity index (χ1) is 7.20. The Balaban J connectivity index is 2.50. The lowest BCUT2D eigenvalue weighted by atomic mass is 10.2. The average molecular weight is 202 g/mol. The second-order valence-corrected chi connectivity index (χ2v) is 2.94. The lowest BCUT2D eigenvalue weighted by molar-refractivity contribution is 0.537. The number of hydrogen-bond donors (Lipinski definition) is 2. The molecule has 0 unspecified atom stereocenters. The fraction of sp³-hybridized carbons (Fsp3) is 0.0909. The molecule has 0 saturated heterocycles. The first-order valence-corrected chi connectivity index (χ1v) is 4.53. The molecule has 0 aliphatic carbocycles. The number of nitrogens with zero attached hydrogens (tertiary/aromatic N) is 2. The van der Waals surface area contributed by atoms with Crippen LogP contribution in [0.1, 0.15) is 5.56 Å². The Hall–Kier alpha value is -2.10. The van der Waals surface area contributed by atoms with Gasteiger partial charge in [0.2, 0.25) is 5.96 Å². The van der Waals surface area contributed by atoms with E-state index in [0.717, 1.165) is 5.56 Å². The summed E-state index contributed by atoms with van der Waals surface area (Å²) in [6.07, 6.45) is 5.32. The Morgan fingerprint density at radius 1 is 1.40 bits per heavy atom. The molecule has 0 aliphatic heterocycles. The van der Waals surface area contributed by atoms with Crippen molar-refractivity contribution in [1.82, 2.24) is 5.01 Å². The van der Waals surface area contributed by atoms with Crippen LogP contribution in [0.15, 0.2) is 41.5 Å². The van der Waals surface area contributed by atoms with Gasteiger partial charge in [0.05, 0.1) is 0 Å². The third kappa shape index (κ3) is 4.08. The minimum atomic E-state index is -0.0839. The molecule has 1 aromatic carbocycles. The Labute approximate surface area is 89.2 Å². The molecule has 0 fully saturated rings. The highest BCUT2D eigenvalue weighted by molar-refractivity contribution is 5.80. The predicted molar refractivity (Wildman–Crippen MR) is 63.6 cm³/mol. The van der Waals surface area contributed by atoms with E-state index in [4.69, 9.17) is 11.1 Å². The molecule has 1 rings (SSSR count). The number of rotatable bonds is 3. The Kier molecular flexibility index (Phi) is 4.09. The molecule has 0 aliphatic rings. The van der Waals surface area contributed by atoms with Crippen molar-refractivity contribution in [2.24, 2.45) is 10.8 Å². The Morgan fingerprint density at radius 2 is 2.07 bits per heavy atom. The molecule has 1 aromatic rings. The summed E-state index contributed by atoms with van der Waals surface area (Å²) in [6, 6.07) is 9.91. The zero-order valence-corrected chi connectivity index (χ0v) is 8.59. The van der Waals surface area contributed by atoms with E-state index in [1.54, 1.807) is 19.3 Å². The summed E-state index contributed by atoms with van der Waals surface area (Å²) < 4.78 is 0. The molecule has 0 heterocycles. The third-order valence-electron chi connectivity index (χ3n) is 1.76. The summed E-state index contributed by atoms with van der Waals surface area (Å²) in [7, 11) is 1.62. The SMILES string of the molecule is CN(/N=C\C=C\c1ccccc1)C(=N)N. The highest BCUT2D eigenvalue weighted by Gasteiger charge is 1.90. The van der Waals surface area contributed by atoms with Crippen LogP contribution in [0.5, 0.6) is 0 Å². The molecular weight excluding hydrogens is 188 g/mol. The van der Waals surface area contributed by atoms with Crippen molar-refractivity contribution in [2.45, 2.75) is 0 Å². The molecule has 0 saturated carbocycles. The van der Waals surface area contributed by atoms with Gasteiger partial charge in [0, 0.05) is 13.3 Å². The molecule has 0 atom stereocenters. The van der Waals surface area contributed by atoms with Gasteiger partial charge in [0.1, 0.15) is 0 Å². The summed E-state index contributed by atoms with van der Waals surface area (Å²) in [5.41, 5.74) is 6.31. The predicted octanol–water partition coefficient (Wildman–Crippen LogP) is 1.51. The van der Waals surface area contributed by atoms with Crippen LogP contribution in [0.4, 0.5) is 0 Å². The normalized spacial score (nSPS) is 11.0. The van der Waals surface area contributed by atoms with Crippen LogP contribution < -0.4 is 5.73 Å². The van der Waals surface area contributed by atoms with Crippen molar-refractivity contribution in [3.05, 3.63) is 42.0 Å². The highest BCUT2D eigenvalue weighted by atomic mass is 15.5. The van der Waals surface area contributed by atoms with Gasteiger partial charge in [-0.05, 0) is 11.6 Å². The van der Waals surface area contributed by atoms with Crippen molar-refractivity contribution in [1.29, 1.82) is 5.41 Å². The molecule has 3 N–H and O–H groups in total. The summed E-state index contributed by atoms with van der Waals surface area (Å²) in [5, 5.41) is 12.3. The van der Waals surface area contributed by atoms with Crippen LogP contribution in [0.3, 0.4) is 0 Å². The molecule has 0 bridgehead atoms. The molecule has 0 aromatic heterocycles. The van der Waals surface area contributed by atoms with Gasteiger partial charge in [-0.15, -0.1) is 0 Å². The number of nitrogens with one attached hydrogen (secondary N) is 1. The largest absolute Gasteiger partial charge is 0.369 e. The van der Waals surface area contributed by atoms with Crippen molar-refractivity contribution in [3.8, 4) is 0 Å². The highest BCUT2D eigenvalue weighted by Crippen LogP contribution is 1.99. The first-order valence-electron chi connectivity index (χ1n) is 4.53.